The summed E-state index contributed by atoms with van der Waals surface area (Å²) in [6.07, 6.45) is 3.90. The second-order valence-corrected chi connectivity index (χ2v) is 4.14. The van der Waals surface area contributed by atoms with Crippen LogP contribution in [0.5, 0.6) is 0 Å². The Labute approximate surface area is 95.3 Å². The van der Waals surface area contributed by atoms with Crippen LogP contribution in [-0.2, 0) is 4.74 Å². The van der Waals surface area contributed by atoms with Crippen molar-refractivity contribution in [1.82, 2.24) is 9.97 Å². The molecule has 5 nitrogen and oxygen atoms in total. The van der Waals surface area contributed by atoms with Crippen molar-refractivity contribution in [2.45, 2.75) is 32.7 Å². The topological polar surface area (TPSA) is 64.1 Å². The van der Waals surface area contributed by atoms with E-state index in [1.54, 1.807) is 0 Å². The molecule has 1 aromatic rings. The van der Waals surface area contributed by atoms with Gasteiger partial charge in [0.15, 0.2) is 5.69 Å². The van der Waals surface area contributed by atoms with Crippen LogP contribution >= 0.6 is 0 Å². The Bertz CT molecular complexity index is 360. The number of esters is 1. The summed E-state index contributed by atoms with van der Waals surface area (Å²) in [4.78, 5) is 19.2. The first-order chi connectivity index (χ1) is 7.48. The van der Waals surface area contributed by atoms with Gasteiger partial charge >= 0.3 is 5.97 Å². The molecule has 0 fully saturated rings. The monoisotopic (exact) mass is 223 g/mol. The molecule has 0 amide bonds. The van der Waals surface area contributed by atoms with Crippen molar-refractivity contribution >= 4 is 11.8 Å². The van der Waals surface area contributed by atoms with Crippen molar-refractivity contribution in [2.24, 2.45) is 0 Å². The lowest BCUT2D eigenvalue weighted by atomic mass is 10.0. The molecule has 1 rings (SSSR count). The van der Waals surface area contributed by atoms with Gasteiger partial charge in [-0.3, -0.25) is 0 Å². The zero-order valence-corrected chi connectivity index (χ0v) is 10.1. The minimum Gasteiger partial charge on any atom is -0.464 e. The first kappa shape index (κ1) is 12.4. The van der Waals surface area contributed by atoms with Gasteiger partial charge < -0.3 is 10.1 Å². The fraction of sp³-hybridized carbons (Fsp3) is 0.545. The third-order valence-corrected chi connectivity index (χ3v) is 2.40. The standard InChI is InChI=1S/C11H17N3O2/c1-5-11(2,3)14-9-7-12-8(6-13-9)10(15)16-4/h6-7H,5H2,1-4H3,(H,13,14). The average molecular weight is 223 g/mol. The Hall–Kier alpha value is -1.65. The highest BCUT2D eigenvalue weighted by Gasteiger charge is 2.15. The Morgan fingerprint density at radius 2 is 2.12 bits per heavy atom. The van der Waals surface area contributed by atoms with Crippen molar-refractivity contribution in [3.05, 3.63) is 18.1 Å². The number of hydrogen-bond acceptors (Lipinski definition) is 5. The second kappa shape index (κ2) is 4.92. The van der Waals surface area contributed by atoms with Crippen LogP contribution in [0.25, 0.3) is 0 Å². The number of nitrogens with zero attached hydrogens (tertiary/aromatic N) is 2. The number of anilines is 1. The van der Waals surface area contributed by atoms with Crippen LogP contribution in [0, 0.1) is 0 Å². The van der Waals surface area contributed by atoms with Crippen molar-refractivity contribution < 1.29 is 9.53 Å². The van der Waals surface area contributed by atoms with Crippen LogP contribution in [-0.4, -0.2) is 28.6 Å². The van der Waals surface area contributed by atoms with Gasteiger partial charge in [-0.1, -0.05) is 6.92 Å². The minimum atomic E-state index is -0.478. The highest BCUT2D eigenvalue weighted by atomic mass is 16.5. The molecule has 0 atom stereocenters. The van der Waals surface area contributed by atoms with Gasteiger partial charge in [0.25, 0.3) is 0 Å². The number of rotatable bonds is 4. The summed E-state index contributed by atoms with van der Waals surface area (Å²) in [7, 11) is 1.32. The Morgan fingerprint density at radius 3 is 2.56 bits per heavy atom. The summed E-state index contributed by atoms with van der Waals surface area (Å²) in [6, 6.07) is 0. The predicted molar refractivity (Wildman–Crippen MR) is 61.4 cm³/mol. The van der Waals surface area contributed by atoms with Crippen LogP contribution < -0.4 is 5.32 Å². The third kappa shape index (κ3) is 3.18. The Morgan fingerprint density at radius 1 is 1.44 bits per heavy atom. The molecular weight excluding hydrogens is 206 g/mol. The molecule has 1 N–H and O–H groups in total. The first-order valence-electron chi connectivity index (χ1n) is 5.17. The molecule has 0 spiro atoms. The van der Waals surface area contributed by atoms with Gasteiger partial charge in [0.2, 0.25) is 0 Å². The van der Waals surface area contributed by atoms with E-state index in [4.69, 9.17) is 0 Å². The molecule has 1 aromatic heterocycles. The molecule has 0 unspecified atom stereocenters. The summed E-state index contributed by atoms with van der Waals surface area (Å²) in [5.41, 5.74) is 0.170. The molecule has 0 saturated carbocycles. The molecule has 88 valence electrons. The van der Waals surface area contributed by atoms with Gasteiger partial charge in [0.1, 0.15) is 5.82 Å². The lowest BCUT2D eigenvalue weighted by Crippen LogP contribution is -2.30. The molecule has 0 bridgehead atoms. The van der Waals surface area contributed by atoms with Gasteiger partial charge in [0, 0.05) is 5.54 Å². The van der Waals surface area contributed by atoms with E-state index in [-0.39, 0.29) is 11.2 Å². The summed E-state index contributed by atoms with van der Waals surface area (Å²) in [5.74, 6) is 0.174. The zero-order valence-electron chi connectivity index (χ0n) is 10.1. The van der Waals surface area contributed by atoms with Crippen LogP contribution in [0.1, 0.15) is 37.7 Å². The van der Waals surface area contributed by atoms with Crippen molar-refractivity contribution in [1.29, 1.82) is 0 Å². The van der Waals surface area contributed by atoms with E-state index in [2.05, 4.69) is 40.8 Å². The highest BCUT2D eigenvalue weighted by molar-refractivity contribution is 5.86. The molecule has 0 radical (unpaired) electrons. The van der Waals surface area contributed by atoms with Gasteiger partial charge in [0.05, 0.1) is 19.5 Å². The number of aromatic nitrogens is 2. The lowest BCUT2D eigenvalue weighted by Gasteiger charge is -2.24. The number of carbonyl (C=O) groups is 1. The molecule has 1 heterocycles. The lowest BCUT2D eigenvalue weighted by molar-refractivity contribution is 0.0593. The summed E-state index contributed by atoms with van der Waals surface area (Å²) >= 11 is 0. The van der Waals surface area contributed by atoms with Crippen LogP contribution in [0.3, 0.4) is 0 Å². The predicted octanol–water partition coefficient (Wildman–Crippen LogP) is 1.86. The molecular formula is C11H17N3O2. The normalized spacial score (nSPS) is 11.0. The smallest absolute Gasteiger partial charge is 0.358 e. The van der Waals surface area contributed by atoms with Gasteiger partial charge in [-0.25, -0.2) is 14.8 Å². The molecule has 16 heavy (non-hydrogen) atoms. The SMILES string of the molecule is CCC(C)(C)Nc1cnc(C(=O)OC)cn1. The maximum Gasteiger partial charge on any atom is 0.358 e. The molecule has 0 saturated heterocycles. The van der Waals surface area contributed by atoms with Crippen molar-refractivity contribution in [2.75, 3.05) is 12.4 Å². The minimum absolute atomic E-state index is 0.0402. The summed E-state index contributed by atoms with van der Waals surface area (Å²) < 4.78 is 4.54. The van der Waals surface area contributed by atoms with Gasteiger partial charge in [-0.2, -0.15) is 0 Å². The molecule has 0 aliphatic rings. The van der Waals surface area contributed by atoms with E-state index in [9.17, 15) is 4.79 Å². The van der Waals surface area contributed by atoms with Gasteiger partial charge in [-0.15, -0.1) is 0 Å². The van der Waals surface area contributed by atoms with E-state index in [0.717, 1.165) is 6.42 Å². The number of hydrogen-bond donors (Lipinski definition) is 1. The number of ether oxygens (including phenoxy) is 1. The number of carbonyl (C=O) groups excluding carboxylic acids is 1. The van der Waals surface area contributed by atoms with E-state index >= 15 is 0 Å². The van der Waals surface area contributed by atoms with E-state index in [1.165, 1.54) is 19.5 Å². The van der Waals surface area contributed by atoms with E-state index < -0.39 is 5.97 Å². The quantitative estimate of drug-likeness (QED) is 0.789. The molecule has 0 aliphatic carbocycles. The molecule has 0 aliphatic heterocycles. The van der Waals surface area contributed by atoms with Crippen LogP contribution in [0.15, 0.2) is 12.4 Å². The zero-order chi connectivity index (χ0) is 12.2. The van der Waals surface area contributed by atoms with E-state index in [0.29, 0.717) is 5.82 Å². The first-order valence-corrected chi connectivity index (χ1v) is 5.17. The number of nitrogens with one attached hydrogen (secondary N) is 1. The molecule has 5 heteroatoms. The maximum atomic E-state index is 11.1. The summed E-state index contributed by atoms with van der Waals surface area (Å²) in [5, 5.41) is 3.23. The third-order valence-electron chi connectivity index (χ3n) is 2.40. The summed E-state index contributed by atoms with van der Waals surface area (Å²) in [6.45, 7) is 6.23. The Balaban J connectivity index is 2.76. The van der Waals surface area contributed by atoms with Crippen molar-refractivity contribution in [3.8, 4) is 0 Å². The second-order valence-electron chi connectivity index (χ2n) is 4.14. The number of methoxy groups -OCH3 is 1. The molecule has 0 aromatic carbocycles. The fourth-order valence-electron chi connectivity index (χ4n) is 1.04. The van der Waals surface area contributed by atoms with E-state index in [1.807, 2.05) is 0 Å². The average Bonchev–Trinajstić information content (AvgIpc) is 2.28. The highest BCUT2D eigenvalue weighted by Crippen LogP contribution is 2.14. The fourth-order valence-corrected chi connectivity index (χ4v) is 1.04. The van der Waals surface area contributed by atoms with Crippen molar-refractivity contribution in [3.63, 3.8) is 0 Å². The largest absolute Gasteiger partial charge is 0.464 e. The maximum absolute atomic E-state index is 11.1. The van der Waals surface area contributed by atoms with Gasteiger partial charge in [-0.05, 0) is 20.3 Å². The van der Waals surface area contributed by atoms with Crippen LogP contribution in [0.2, 0.25) is 0 Å². The Kier molecular flexibility index (Phi) is 3.82. The van der Waals surface area contributed by atoms with Crippen LogP contribution in [0.4, 0.5) is 5.82 Å².